The van der Waals surface area contributed by atoms with Crippen molar-refractivity contribution in [3.63, 3.8) is 0 Å². The molecular formula is C26H29N4NaO4. The quantitative estimate of drug-likeness (QED) is 0.478. The van der Waals surface area contributed by atoms with E-state index in [1.165, 1.54) is 11.1 Å². The van der Waals surface area contributed by atoms with E-state index < -0.39 is 5.97 Å². The Kier molecular flexibility index (Phi) is 9.47. The van der Waals surface area contributed by atoms with E-state index in [-0.39, 0.29) is 43.5 Å². The topological polar surface area (TPSA) is 112 Å². The molecule has 0 atom stereocenters. The fraction of sp³-hybridized carbons (Fsp3) is 0.385. The summed E-state index contributed by atoms with van der Waals surface area (Å²) in [6.07, 6.45) is 2.67. The molecule has 1 N–H and O–H groups in total. The number of aromatic nitrogens is 2. The molecular weight excluding hydrogens is 455 g/mol. The second-order valence-electron chi connectivity index (χ2n) is 8.73. The second kappa shape index (κ2) is 12.3. The summed E-state index contributed by atoms with van der Waals surface area (Å²) >= 11 is 0. The molecule has 4 rings (SSSR count). The maximum Gasteiger partial charge on any atom is 1.00 e. The number of hydrogen-bond donors (Lipinski definition) is 1. The van der Waals surface area contributed by atoms with Crippen LogP contribution in [0.4, 0.5) is 0 Å². The van der Waals surface area contributed by atoms with Gasteiger partial charge in [-0.2, -0.15) is 10.2 Å². The second-order valence-corrected chi connectivity index (χ2v) is 8.73. The van der Waals surface area contributed by atoms with Crippen molar-refractivity contribution in [3.8, 4) is 34.7 Å². The van der Waals surface area contributed by atoms with Gasteiger partial charge in [0.05, 0.1) is 11.7 Å². The van der Waals surface area contributed by atoms with Gasteiger partial charge in [0, 0.05) is 30.6 Å². The zero-order chi connectivity index (χ0) is 24.1. The van der Waals surface area contributed by atoms with Gasteiger partial charge >= 0.3 is 35.5 Å². The van der Waals surface area contributed by atoms with Crippen molar-refractivity contribution in [2.75, 3.05) is 19.6 Å². The number of carbonyl (C=O) groups is 1. The third kappa shape index (κ3) is 6.92. The molecule has 0 unspecified atom stereocenters. The minimum absolute atomic E-state index is 0. The minimum Gasteiger partial charge on any atom is -1.00 e. The number of aliphatic carboxylic acids is 1. The van der Waals surface area contributed by atoms with Crippen molar-refractivity contribution < 1.29 is 50.1 Å². The maximum absolute atomic E-state index is 10.8. The van der Waals surface area contributed by atoms with Crippen molar-refractivity contribution in [1.82, 2.24) is 15.0 Å². The van der Waals surface area contributed by atoms with E-state index in [9.17, 15) is 10.1 Å². The van der Waals surface area contributed by atoms with Gasteiger partial charge in [-0.15, -0.1) is 0 Å². The van der Waals surface area contributed by atoms with Crippen LogP contribution in [0.5, 0.6) is 5.75 Å². The number of ether oxygens (including phenoxy) is 1. The molecule has 9 heteroatoms. The summed E-state index contributed by atoms with van der Waals surface area (Å²) in [5.74, 6) is 0.637. The predicted octanol–water partition coefficient (Wildman–Crippen LogP) is 1.44. The van der Waals surface area contributed by atoms with Gasteiger partial charge in [0.15, 0.2) is 0 Å². The zero-order valence-electron chi connectivity index (χ0n) is 21.5. The molecule has 0 bridgehead atoms. The molecule has 0 spiro atoms. The standard InChI is InChI=1S/C26H28N4O4.Na.H/c1-17(2)33-23-8-7-21(15-22(23)16-27)26-28-25(29-34-26)20-6-5-18-9-12-30(11-3-4-24(31)32)13-10-19(18)14-20;;/h5-8,14-15,17H,3-4,9-13H2,1-2H3,(H,31,32);;/q;+1;-1. The number of hydrogen-bond acceptors (Lipinski definition) is 7. The van der Waals surface area contributed by atoms with Crippen LogP contribution in [0.1, 0.15) is 44.8 Å². The third-order valence-corrected chi connectivity index (χ3v) is 5.86. The Hall–Kier alpha value is -2.70. The summed E-state index contributed by atoms with van der Waals surface area (Å²) in [4.78, 5) is 17.7. The van der Waals surface area contributed by atoms with Crippen LogP contribution in [0.3, 0.4) is 0 Å². The molecule has 0 saturated carbocycles. The normalized spacial score (nSPS) is 13.4. The average Bonchev–Trinajstić information content (AvgIpc) is 3.22. The number of nitrogens with zero attached hydrogens (tertiary/aromatic N) is 4. The van der Waals surface area contributed by atoms with Gasteiger partial charge < -0.3 is 20.7 Å². The van der Waals surface area contributed by atoms with Gasteiger partial charge in [-0.1, -0.05) is 17.3 Å². The molecule has 1 aliphatic rings. The van der Waals surface area contributed by atoms with Crippen LogP contribution in [-0.2, 0) is 17.6 Å². The monoisotopic (exact) mass is 484 g/mol. The van der Waals surface area contributed by atoms with Crippen LogP contribution in [0.25, 0.3) is 22.8 Å². The Labute approximate surface area is 228 Å². The van der Waals surface area contributed by atoms with Crippen molar-refractivity contribution in [3.05, 3.63) is 53.1 Å². The zero-order valence-corrected chi connectivity index (χ0v) is 22.5. The van der Waals surface area contributed by atoms with Crippen molar-refractivity contribution >= 4 is 5.97 Å². The predicted molar refractivity (Wildman–Crippen MR) is 127 cm³/mol. The number of benzene rings is 2. The average molecular weight is 485 g/mol. The third-order valence-electron chi connectivity index (χ3n) is 5.86. The van der Waals surface area contributed by atoms with Crippen LogP contribution < -0.4 is 34.3 Å². The molecule has 0 aliphatic carbocycles. The first-order chi connectivity index (χ1) is 16.4. The molecule has 1 aromatic heterocycles. The van der Waals surface area contributed by atoms with Crippen molar-refractivity contribution in [2.45, 2.75) is 45.6 Å². The van der Waals surface area contributed by atoms with Gasteiger partial charge in [0.2, 0.25) is 5.82 Å². The Bertz CT molecular complexity index is 1220. The molecule has 0 radical (unpaired) electrons. The van der Waals surface area contributed by atoms with E-state index in [0.29, 0.717) is 35.0 Å². The summed E-state index contributed by atoms with van der Waals surface area (Å²) in [6.45, 7) is 6.45. The summed E-state index contributed by atoms with van der Waals surface area (Å²) < 4.78 is 11.2. The number of carboxylic acids is 1. The van der Waals surface area contributed by atoms with Gasteiger partial charge in [-0.05, 0) is 75.0 Å². The van der Waals surface area contributed by atoms with Crippen LogP contribution in [0.2, 0.25) is 0 Å². The Morgan fingerprint density at radius 2 is 1.94 bits per heavy atom. The molecule has 8 nitrogen and oxygen atoms in total. The Morgan fingerprint density at radius 3 is 2.66 bits per heavy atom. The maximum atomic E-state index is 10.8. The fourth-order valence-electron chi connectivity index (χ4n) is 4.15. The fourth-order valence-corrected chi connectivity index (χ4v) is 4.15. The van der Waals surface area contributed by atoms with Gasteiger partial charge in [-0.3, -0.25) is 4.79 Å². The largest absolute Gasteiger partial charge is 1.00 e. The minimum atomic E-state index is -0.745. The van der Waals surface area contributed by atoms with Crippen LogP contribution in [0.15, 0.2) is 40.9 Å². The Balaban J connectivity index is 0.00000228. The number of rotatable bonds is 8. The molecule has 178 valence electrons. The van der Waals surface area contributed by atoms with E-state index in [1.54, 1.807) is 12.1 Å². The molecule has 0 amide bonds. The van der Waals surface area contributed by atoms with E-state index >= 15 is 0 Å². The number of nitriles is 1. The molecule has 2 aromatic carbocycles. The molecule has 0 fully saturated rings. The van der Waals surface area contributed by atoms with E-state index in [0.717, 1.165) is 38.0 Å². The summed E-state index contributed by atoms with van der Waals surface area (Å²) in [5, 5.41) is 22.5. The van der Waals surface area contributed by atoms with Crippen molar-refractivity contribution in [1.29, 1.82) is 5.26 Å². The molecule has 3 aromatic rings. The van der Waals surface area contributed by atoms with Crippen LogP contribution >= 0.6 is 0 Å². The number of fused-ring (bicyclic) bond motifs is 1. The molecule has 0 saturated heterocycles. The first-order valence-electron chi connectivity index (χ1n) is 11.5. The first-order valence-corrected chi connectivity index (χ1v) is 11.5. The number of carboxylic acid groups (broad SMARTS) is 1. The SMILES string of the molecule is CC(C)Oc1ccc(-c2nc(-c3ccc4c(c3)CCN(CCCC(=O)O)CC4)no2)cc1C#N.[H-].[Na+]. The van der Waals surface area contributed by atoms with Gasteiger partial charge in [-0.25, -0.2) is 0 Å². The summed E-state index contributed by atoms with van der Waals surface area (Å²) in [6, 6.07) is 13.7. The first kappa shape index (κ1) is 26.9. The summed E-state index contributed by atoms with van der Waals surface area (Å²) in [5.41, 5.74) is 4.52. The molecule has 35 heavy (non-hydrogen) atoms. The Morgan fingerprint density at radius 1 is 1.20 bits per heavy atom. The van der Waals surface area contributed by atoms with E-state index in [4.69, 9.17) is 14.4 Å². The molecule has 2 heterocycles. The smallest absolute Gasteiger partial charge is 1.00 e. The van der Waals surface area contributed by atoms with Crippen LogP contribution in [-0.4, -0.2) is 51.9 Å². The summed E-state index contributed by atoms with van der Waals surface area (Å²) in [7, 11) is 0. The van der Waals surface area contributed by atoms with Crippen molar-refractivity contribution in [2.24, 2.45) is 0 Å². The van der Waals surface area contributed by atoms with Gasteiger partial charge in [0.1, 0.15) is 11.8 Å². The van der Waals surface area contributed by atoms with Gasteiger partial charge in [0.25, 0.3) is 5.89 Å². The van der Waals surface area contributed by atoms with E-state index in [1.807, 2.05) is 26.0 Å². The van der Waals surface area contributed by atoms with E-state index in [2.05, 4.69) is 33.2 Å². The molecule has 1 aliphatic heterocycles. The van der Waals surface area contributed by atoms with Crippen LogP contribution in [0, 0.1) is 11.3 Å².